The molecule has 3 aromatic heterocycles. The summed E-state index contributed by atoms with van der Waals surface area (Å²) in [4.78, 5) is 9.56. The largest absolute Gasteiger partial charge is 0.305 e. The first kappa shape index (κ1) is 39.2. The third-order valence-electron chi connectivity index (χ3n) is 9.49. The van der Waals surface area contributed by atoms with Gasteiger partial charge in [0.25, 0.3) is 0 Å². The van der Waals surface area contributed by atoms with Crippen LogP contribution < -0.4 is 5.19 Å². The first-order chi connectivity index (χ1) is 25.4. The third-order valence-corrected chi connectivity index (χ3v) is 12.8. The molecule has 0 saturated carbocycles. The van der Waals surface area contributed by atoms with Gasteiger partial charge in [-0.2, -0.15) is 11.3 Å². The molecule has 0 aliphatic heterocycles. The van der Waals surface area contributed by atoms with Crippen molar-refractivity contribution in [2.75, 3.05) is 0 Å². The Morgan fingerprint density at radius 2 is 1.33 bits per heavy atom. The molecular weight excluding hydrogens is 869 g/mol. The van der Waals surface area contributed by atoms with Crippen LogP contribution in [-0.4, -0.2) is 18.0 Å². The van der Waals surface area contributed by atoms with Gasteiger partial charge in [-0.3, -0.25) is 0 Å². The minimum atomic E-state index is -1.37. The number of pyridine rings is 2. The summed E-state index contributed by atoms with van der Waals surface area (Å²) in [5, 5.41) is 4.04. The SMILES string of the molecule is CC(C)(C)Cc1cc(-c2[c-]cccc2)ncc1[Si](C)(C)C.Cc1cc(-c2[c-]ccc3c2sc2ccc(-c4ccccc4)cc23)ncc1-c1ccccc1.[Ir]. The molecule has 0 N–H and O–H groups in total. The Kier molecular flexibility index (Phi) is 11.9. The van der Waals surface area contributed by atoms with Crippen LogP contribution in [0.1, 0.15) is 31.9 Å². The summed E-state index contributed by atoms with van der Waals surface area (Å²) in [5.41, 5.74) is 12.0. The number of aryl methyl sites for hydroxylation is 1. The van der Waals surface area contributed by atoms with Gasteiger partial charge in [0.1, 0.15) is 0 Å². The number of benzene rings is 5. The van der Waals surface area contributed by atoms with Crippen molar-refractivity contribution in [3.8, 4) is 44.8 Å². The number of thiophene rings is 1. The number of aromatic nitrogens is 2. The van der Waals surface area contributed by atoms with Gasteiger partial charge in [-0.1, -0.05) is 130 Å². The van der Waals surface area contributed by atoms with Crippen LogP contribution in [0.25, 0.3) is 64.9 Å². The molecule has 0 amide bonds. The summed E-state index contributed by atoms with van der Waals surface area (Å²) in [6.07, 6.45) is 5.20. The zero-order valence-electron chi connectivity index (χ0n) is 32.1. The quantitative estimate of drug-likeness (QED) is 0.123. The van der Waals surface area contributed by atoms with Gasteiger partial charge in [-0.05, 0) is 79.8 Å². The molecule has 0 spiro atoms. The van der Waals surface area contributed by atoms with Crippen LogP contribution in [0.3, 0.4) is 0 Å². The second kappa shape index (κ2) is 16.5. The molecule has 0 aliphatic rings. The minimum Gasteiger partial charge on any atom is -0.305 e. The number of fused-ring (bicyclic) bond motifs is 3. The Morgan fingerprint density at radius 3 is 1.98 bits per heavy atom. The van der Waals surface area contributed by atoms with Crippen LogP contribution in [0.15, 0.2) is 140 Å². The molecule has 0 fully saturated rings. The van der Waals surface area contributed by atoms with Crippen molar-refractivity contribution in [3.05, 3.63) is 163 Å². The maximum Gasteiger partial charge on any atom is 0.0798 e. The molecule has 0 aliphatic carbocycles. The van der Waals surface area contributed by atoms with E-state index in [9.17, 15) is 0 Å². The van der Waals surface area contributed by atoms with Crippen LogP contribution in [0.4, 0.5) is 0 Å². The first-order valence-electron chi connectivity index (χ1n) is 18.4. The third kappa shape index (κ3) is 8.88. The minimum absolute atomic E-state index is 0. The van der Waals surface area contributed by atoms with Crippen molar-refractivity contribution in [1.29, 1.82) is 0 Å². The van der Waals surface area contributed by atoms with Gasteiger partial charge < -0.3 is 9.97 Å². The topological polar surface area (TPSA) is 25.8 Å². The van der Waals surface area contributed by atoms with E-state index in [1.54, 1.807) is 0 Å². The van der Waals surface area contributed by atoms with Crippen LogP contribution in [0, 0.1) is 24.5 Å². The zero-order chi connectivity index (χ0) is 37.2. The normalized spacial score (nSPS) is 11.5. The maximum atomic E-state index is 4.85. The van der Waals surface area contributed by atoms with Crippen LogP contribution in [0.5, 0.6) is 0 Å². The molecule has 0 unspecified atom stereocenters. The average Bonchev–Trinajstić information content (AvgIpc) is 3.53. The van der Waals surface area contributed by atoms with E-state index in [1.165, 1.54) is 58.7 Å². The molecule has 8 aromatic rings. The fourth-order valence-corrected chi connectivity index (χ4v) is 9.71. The van der Waals surface area contributed by atoms with Gasteiger partial charge in [0.05, 0.1) is 8.07 Å². The van der Waals surface area contributed by atoms with Crippen molar-refractivity contribution in [3.63, 3.8) is 0 Å². The zero-order valence-corrected chi connectivity index (χ0v) is 36.3. The number of hydrogen-bond donors (Lipinski definition) is 0. The molecule has 5 aromatic carbocycles. The van der Waals surface area contributed by atoms with Crippen molar-refractivity contribution in [2.24, 2.45) is 5.41 Å². The smallest absolute Gasteiger partial charge is 0.0798 e. The van der Waals surface area contributed by atoms with Crippen molar-refractivity contribution in [1.82, 2.24) is 9.97 Å². The van der Waals surface area contributed by atoms with Crippen LogP contribution >= 0.6 is 11.3 Å². The molecule has 1 radical (unpaired) electrons. The summed E-state index contributed by atoms with van der Waals surface area (Å²) in [5.74, 6) is 0. The van der Waals surface area contributed by atoms with Gasteiger partial charge >= 0.3 is 0 Å². The fraction of sp³-hybridized carbons (Fsp3) is 0.184. The molecule has 0 bridgehead atoms. The second-order valence-electron chi connectivity index (χ2n) is 16.0. The monoisotopic (exact) mass is 915 g/mol. The van der Waals surface area contributed by atoms with Crippen molar-refractivity contribution < 1.29 is 20.1 Å². The average molecular weight is 915 g/mol. The fourth-order valence-electron chi connectivity index (χ4n) is 6.94. The summed E-state index contributed by atoms with van der Waals surface area (Å²) < 4.78 is 2.53. The van der Waals surface area contributed by atoms with Gasteiger partial charge in [0, 0.05) is 42.8 Å². The standard InChI is InChI=1S/C30H20NS.C19H26NSi.Ir/c1-20-17-28(31-19-27(20)22-11-6-3-7-12-22)25-14-8-13-24-26-18-23(21-9-4-2-5-10-21)15-16-29(26)32-30(24)25;1-19(2,3)13-16-12-17(15-10-8-7-9-11-15)20-14-18(16)21(4,5)6;/h2-13,15-19H,1H3;7-10,12,14H,13H2,1-6H3;/q2*-1;. The van der Waals surface area contributed by atoms with E-state index in [0.29, 0.717) is 0 Å². The maximum absolute atomic E-state index is 4.85. The molecular formula is C49H46IrN2SSi-2. The van der Waals surface area contributed by atoms with Gasteiger partial charge in [0.15, 0.2) is 0 Å². The Labute approximate surface area is 339 Å². The predicted octanol–water partition coefficient (Wildman–Crippen LogP) is 13.2. The number of hydrogen-bond acceptors (Lipinski definition) is 3. The van der Waals surface area contributed by atoms with Crippen LogP contribution in [-0.2, 0) is 26.5 Å². The van der Waals surface area contributed by atoms with Crippen molar-refractivity contribution in [2.45, 2.75) is 53.8 Å². The van der Waals surface area contributed by atoms with E-state index in [4.69, 9.17) is 9.97 Å². The number of rotatable bonds is 6. The van der Waals surface area contributed by atoms with Crippen molar-refractivity contribution >= 4 is 44.8 Å². The summed E-state index contributed by atoms with van der Waals surface area (Å²) >= 11 is 1.82. The molecule has 273 valence electrons. The Morgan fingerprint density at radius 1 is 0.648 bits per heavy atom. The molecule has 8 rings (SSSR count). The molecule has 0 saturated heterocycles. The summed E-state index contributed by atoms with van der Waals surface area (Å²) in [6, 6.07) is 51.3. The van der Waals surface area contributed by atoms with E-state index in [-0.39, 0.29) is 25.5 Å². The van der Waals surface area contributed by atoms with E-state index in [2.05, 4.69) is 163 Å². The van der Waals surface area contributed by atoms with E-state index >= 15 is 0 Å². The van der Waals surface area contributed by atoms with Gasteiger partial charge in [-0.25, -0.2) is 0 Å². The predicted molar refractivity (Wildman–Crippen MR) is 232 cm³/mol. The molecule has 2 nitrogen and oxygen atoms in total. The molecule has 0 atom stereocenters. The van der Waals surface area contributed by atoms with E-state index in [0.717, 1.165) is 28.9 Å². The molecule has 54 heavy (non-hydrogen) atoms. The summed E-state index contributed by atoms with van der Waals surface area (Å²) in [6.45, 7) is 16.2. The van der Waals surface area contributed by atoms with E-state index < -0.39 is 8.07 Å². The Bertz CT molecular complexity index is 2500. The Balaban J connectivity index is 0.000000198. The second-order valence-corrected chi connectivity index (χ2v) is 22.1. The van der Waals surface area contributed by atoms with Gasteiger partial charge in [0.2, 0.25) is 0 Å². The number of nitrogens with zero attached hydrogens (tertiary/aromatic N) is 2. The first-order valence-corrected chi connectivity index (χ1v) is 22.7. The Hall–Kier alpha value is -4.51. The molecule has 5 heteroatoms. The summed E-state index contributed by atoms with van der Waals surface area (Å²) in [7, 11) is -1.37. The molecule has 3 heterocycles. The van der Waals surface area contributed by atoms with Gasteiger partial charge in [-0.15, -0.1) is 59.7 Å². The van der Waals surface area contributed by atoms with Crippen LogP contribution in [0.2, 0.25) is 19.6 Å². The van der Waals surface area contributed by atoms with E-state index in [1.807, 2.05) is 47.9 Å².